The summed E-state index contributed by atoms with van der Waals surface area (Å²) in [5.41, 5.74) is 0.640. The van der Waals surface area contributed by atoms with Crippen molar-refractivity contribution >= 4 is 49.3 Å². The molecule has 0 atom stereocenters. The van der Waals surface area contributed by atoms with Crippen LogP contribution in [0.4, 0.5) is 32.0 Å². The minimum Gasteiger partial charge on any atom is -0.309 e. The van der Waals surface area contributed by atoms with Crippen LogP contribution in [0.25, 0.3) is 71.0 Å². The molecular weight excluding hydrogens is 662 g/mol. The molecule has 0 amide bonds. The van der Waals surface area contributed by atoms with Crippen LogP contribution in [0.5, 0.6) is 0 Å². The van der Waals surface area contributed by atoms with Crippen molar-refractivity contribution in [2.24, 2.45) is 0 Å². The lowest BCUT2D eigenvalue weighted by molar-refractivity contribution is -0.138. The molecule has 0 bridgehead atoms. The Kier molecular flexibility index (Phi) is 7.00. The number of nitriles is 1. The molecule has 0 unspecified atom stereocenters. The quantitative estimate of drug-likeness (QED) is 0.135. The Balaban J connectivity index is 1.65. The van der Waals surface area contributed by atoms with Gasteiger partial charge in [0.1, 0.15) is 0 Å². The van der Waals surface area contributed by atoms with Gasteiger partial charge in [0.25, 0.3) is 0 Å². The van der Waals surface area contributed by atoms with Crippen molar-refractivity contribution in [1.29, 1.82) is 5.26 Å². The molecule has 0 aliphatic heterocycles. The molecule has 0 aliphatic rings. The van der Waals surface area contributed by atoms with E-state index in [-0.39, 0.29) is 39.1 Å². The number of benzene rings is 6. The fraction of sp³-hybridized carbons (Fsp3) is 0.0732. The molecule has 0 saturated carbocycles. The summed E-state index contributed by atoms with van der Waals surface area (Å²) in [6.45, 7) is 9.95. The average Bonchev–Trinajstić information content (AvgIpc) is 3.62. The van der Waals surface area contributed by atoms with E-state index in [1.165, 1.54) is 30.3 Å². The van der Waals surface area contributed by atoms with Crippen LogP contribution in [0, 0.1) is 24.8 Å². The van der Waals surface area contributed by atoms with Crippen LogP contribution in [0.2, 0.25) is 0 Å². The van der Waals surface area contributed by atoms with Crippen molar-refractivity contribution < 1.29 is 26.3 Å². The number of fused-ring (bicyclic) bond motifs is 6. The third-order valence-electron chi connectivity index (χ3n) is 9.25. The van der Waals surface area contributed by atoms with Gasteiger partial charge in [0.05, 0.1) is 62.8 Å². The highest BCUT2D eigenvalue weighted by Gasteiger charge is 2.37. The molecule has 6 aromatic carbocycles. The van der Waals surface area contributed by atoms with Gasteiger partial charge in [-0.05, 0) is 61.5 Å². The minimum absolute atomic E-state index is 0.0151. The molecule has 8 aromatic rings. The van der Waals surface area contributed by atoms with Crippen LogP contribution in [0.1, 0.15) is 22.3 Å². The van der Waals surface area contributed by atoms with Crippen molar-refractivity contribution in [3.8, 4) is 28.6 Å². The van der Waals surface area contributed by atoms with Crippen LogP contribution in [-0.4, -0.2) is 9.13 Å². The molecule has 0 fully saturated rings. The average molecular weight is 685 g/mol. The van der Waals surface area contributed by atoms with E-state index in [1.54, 1.807) is 39.5 Å². The van der Waals surface area contributed by atoms with Gasteiger partial charge in [-0.3, -0.25) is 0 Å². The van der Waals surface area contributed by atoms with Crippen molar-refractivity contribution in [2.45, 2.75) is 19.3 Å². The number of rotatable bonds is 3. The summed E-state index contributed by atoms with van der Waals surface area (Å²) >= 11 is 0. The summed E-state index contributed by atoms with van der Waals surface area (Å²) in [5.74, 6) is 0. The van der Waals surface area contributed by atoms with E-state index in [2.05, 4.69) is 10.9 Å². The number of aryl methyl sites for hydroxylation is 1. The highest BCUT2D eigenvalue weighted by molar-refractivity contribution is 6.12. The second-order valence-electron chi connectivity index (χ2n) is 12.3. The molecular formula is C41H22F6N4. The standard InChI is InChI=1S/C41H22F6N4/c1-23-14-16-34-28(18-23)26-8-3-5-12-32(26)50(34)36-19-24(22-48)20-37(39(36)38-30(41(45,46)47)10-7-11-31(38)49-2)51-33-13-6-4-9-27(33)29-21-25(40(42,43)44)15-17-35(29)51/h3-21H,1H3. The summed E-state index contributed by atoms with van der Waals surface area (Å²) in [7, 11) is 0. The van der Waals surface area contributed by atoms with Crippen LogP contribution in [-0.2, 0) is 12.4 Å². The molecule has 0 N–H and O–H groups in total. The summed E-state index contributed by atoms with van der Waals surface area (Å²) in [6, 6.07) is 31.5. The van der Waals surface area contributed by atoms with Gasteiger partial charge in [-0.25, -0.2) is 4.85 Å². The molecule has 0 radical (unpaired) electrons. The zero-order chi connectivity index (χ0) is 35.8. The number of hydrogen-bond donors (Lipinski definition) is 0. The van der Waals surface area contributed by atoms with E-state index < -0.39 is 29.0 Å². The zero-order valence-corrected chi connectivity index (χ0v) is 26.5. The lowest BCUT2D eigenvalue weighted by atomic mass is 9.92. The maximum Gasteiger partial charge on any atom is 0.416 e. The molecule has 8 rings (SSSR count). The Morgan fingerprint density at radius 1 is 0.588 bits per heavy atom. The predicted molar refractivity (Wildman–Crippen MR) is 186 cm³/mol. The van der Waals surface area contributed by atoms with E-state index in [9.17, 15) is 18.4 Å². The highest BCUT2D eigenvalue weighted by atomic mass is 19.4. The van der Waals surface area contributed by atoms with Crippen LogP contribution < -0.4 is 0 Å². The fourth-order valence-electron chi connectivity index (χ4n) is 7.17. The lowest BCUT2D eigenvalue weighted by Gasteiger charge is -2.24. The molecule has 0 aliphatic carbocycles. The van der Waals surface area contributed by atoms with E-state index >= 15 is 13.2 Å². The smallest absolute Gasteiger partial charge is 0.309 e. The predicted octanol–water partition coefficient (Wildman–Crippen LogP) is 12.3. The largest absolute Gasteiger partial charge is 0.416 e. The number of nitrogens with zero attached hydrogens (tertiary/aromatic N) is 4. The first-order chi connectivity index (χ1) is 24.4. The maximum absolute atomic E-state index is 15.1. The second-order valence-corrected chi connectivity index (χ2v) is 12.3. The summed E-state index contributed by atoms with van der Waals surface area (Å²) < 4.78 is 90.6. The monoisotopic (exact) mass is 684 g/mol. The molecule has 2 aromatic heterocycles. The number of aromatic nitrogens is 2. The van der Waals surface area contributed by atoms with E-state index in [4.69, 9.17) is 6.57 Å². The molecule has 10 heteroatoms. The topological polar surface area (TPSA) is 38.0 Å². The zero-order valence-electron chi connectivity index (χ0n) is 26.5. The normalized spacial score (nSPS) is 12.2. The SMILES string of the molecule is [C-]#[N+]c1cccc(C(F)(F)F)c1-c1c(-n2c3ccccc3c3cc(C)ccc32)cc(C#N)cc1-n1c2ccccc2c2cc(C(F)(F)F)ccc21. The van der Waals surface area contributed by atoms with Gasteiger partial charge >= 0.3 is 12.4 Å². The summed E-state index contributed by atoms with van der Waals surface area (Å²) in [6.07, 6.45) is -9.56. The molecule has 248 valence electrons. The molecule has 0 spiro atoms. The molecule has 4 nitrogen and oxygen atoms in total. The third kappa shape index (κ3) is 4.91. The van der Waals surface area contributed by atoms with Crippen LogP contribution >= 0.6 is 0 Å². The van der Waals surface area contributed by atoms with E-state index in [1.807, 2.05) is 43.3 Å². The first-order valence-electron chi connectivity index (χ1n) is 15.7. The fourth-order valence-corrected chi connectivity index (χ4v) is 7.17. The lowest BCUT2D eigenvalue weighted by Crippen LogP contribution is -2.11. The van der Waals surface area contributed by atoms with Crippen molar-refractivity contribution in [1.82, 2.24) is 9.13 Å². The molecule has 0 saturated heterocycles. The van der Waals surface area contributed by atoms with Gasteiger partial charge in [0, 0.05) is 32.7 Å². The first kappa shape index (κ1) is 31.7. The Bertz CT molecular complexity index is 2820. The molecule has 2 heterocycles. The van der Waals surface area contributed by atoms with Gasteiger partial charge in [-0.2, -0.15) is 31.6 Å². The van der Waals surface area contributed by atoms with Crippen molar-refractivity contribution in [3.63, 3.8) is 0 Å². The number of hydrogen-bond acceptors (Lipinski definition) is 1. The molecule has 51 heavy (non-hydrogen) atoms. The third-order valence-corrected chi connectivity index (χ3v) is 9.25. The van der Waals surface area contributed by atoms with E-state index in [0.717, 1.165) is 34.5 Å². The maximum atomic E-state index is 15.1. The van der Waals surface area contributed by atoms with Crippen molar-refractivity contribution in [2.75, 3.05) is 0 Å². The number of halogens is 6. The second kappa shape index (κ2) is 11.3. The number of para-hydroxylation sites is 2. The van der Waals surface area contributed by atoms with Gasteiger partial charge in [-0.1, -0.05) is 66.2 Å². The Hall–Kier alpha value is -6.52. The first-order valence-corrected chi connectivity index (χ1v) is 15.7. The summed E-state index contributed by atoms with van der Waals surface area (Å²) in [4.78, 5) is 3.55. The Morgan fingerprint density at radius 2 is 1.14 bits per heavy atom. The minimum atomic E-state index is -4.90. The van der Waals surface area contributed by atoms with E-state index in [0.29, 0.717) is 21.9 Å². The van der Waals surface area contributed by atoms with Crippen molar-refractivity contribution in [3.05, 3.63) is 149 Å². The summed E-state index contributed by atoms with van der Waals surface area (Å²) in [5, 5.41) is 12.7. The highest BCUT2D eigenvalue weighted by Crippen LogP contribution is 2.50. The Morgan fingerprint density at radius 3 is 1.69 bits per heavy atom. The van der Waals surface area contributed by atoms with Gasteiger partial charge in [0.2, 0.25) is 0 Å². The number of alkyl halides is 6. The van der Waals surface area contributed by atoms with Crippen LogP contribution in [0.15, 0.2) is 115 Å². The van der Waals surface area contributed by atoms with Gasteiger partial charge in [-0.15, -0.1) is 0 Å². The Labute approximate surface area is 286 Å². The van der Waals surface area contributed by atoms with Gasteiger partial charge in [0.15, 0.2) is 5.69 Å². The van der Waals surface area contributed by atoms with Gasteiger partial charge < -0.3 is 9.13 Å². The van der Waals surface area contributed by atoms with Crippen LogP contribution in [0.3, 0.4) is 0 Å².